The summed E-state index contributed by atoms with van der Waals surface area (Å²) in [5.41, 5.74) is 2.70. The molecule has 0 amide bonds. The molecule has 1 aromatic carbocycles. The zero-order valence-electron chi connectivity index (χ0n) is 16.3. The highest BCUT2D eigenvalue weighted by atomic mass is 32.2. The van der Waals surface area contributed by atoms with Crippen molar-refractivity contribution in [2.75, 3.05) is 18.8 Å². The lowest BCUT2D eigenvalue weighted by molar-refractivity contribution is 0.00639. The Balaban J connectivity index is 1.52. The van der Waals surface area contributed by atoms with Crippen LogP contribution >= 0.6 is 0 Å². The normalized spacial score (nSPS) is 21.2. The van der Waals surface area contributed by atoms with E-state index in [0.29, 0.717) is 32.4 Å². The van der Waals surface area contributed by atoms with Gasteiger partial charge in [-0.25, -0.2) is 17.7 Å². The summed E-state index contributed by atoms with van der Waals surface area (Å²) in [6, 6.07) is 8.07. The van der Waals surface area contributed by atoms with Gasteiger partial charge in [0, 0.05) is 38.0 Å². The summed E-state index contributed by atoms with van der Waals surface area (Å²) in [6.45, 7) is 3.89. The molecule has 1 aromatic heterocycles. The Morgan fingerprint density at radius 1 is 1.21 bits per heavy atom. The van der Waals surface area contributed by atoms with Gasteiger partial charge in [-0.05, 0) is 37.3 Å². The molecular weight excluding hydrogens is 374 g/mol. The van der Waals surface area contributed by atoms with Gasteiger partial charge in [0.25, 0.3) is 0 Å². The van der Waals surface area contributed by atoms with Crippen molar-refractivity contribution in [2.45, 2.75) is 51.2 Å². The lowest BCUT2D eigenvalue weighted by atomic mass is 9.83. The van der Waals surface area contributed by atoms with E-state index in [1.807, 2.05) is 31.5 Å². The number of benzene rings is 1. The first-order valence-electron chi connectivity index (χ1n) is 10.3. The third-order valence-electron chi connectivity index (χ3n) is 6.25. The topological polar surface area (TPSA) is 64.4 Å². The van der Waals surface area contributed by atoms with Gasteiger partial charge in [-0.3, -0.25) is 0 Å². The van der Waals surface area contributed by atoms with Crippen LogP contribution in [0.4, 0.5) is 0 Å². The highest BCUT2D eigenvalue weighted by molar-refractivity contribution is 7.89. The van der Waals surface area contributed by atoms with Gasteiger partial charge in [0.05, 0.1) is 23.5 Å². The van der Waals surface area contributed by atoms with Crippen molar-refractivity contribution >= 4 is 10.0 Å². The van der Waals surface area contributed by atoms with Gasteiger partial charge >= 0.3 is 0 Å². The van der Waals surface area contributed by atoms with E-state index < -0.39 is 15.6 Å². The van der Waals surface area contributed by atoms with Crippen LogP contribution in [0.2, 0.25) is 0 Å². The number of imidazole rings is 1. The van der Waals surface area contributed by atoms with Crippen molar-refractivity contribution in [1.29, 1.82) is 0 Å². The molecule has 28 heavy (non-hydrogen) atoms. The second kappa shape index (κ2) is 6.59. The zero-order valence-corrected chi connectivity index (χ0v) is 17.1. The molecular formula is C21H27N3O3S. The minimum atomic E-state index is -3.18. The molecule has 0 unspecified atom stereocenters. The van der Waals surface area contributed by atoms with Gasteiger partial charge in [-0.1, -0.05) is 19.1 Å². The molecule has 0 N–H and O–H groups in total. The largest absolute Gasteiger partial charge is 0.480 e. The first-order valence-corrected chi connectivity index (χ1v) is 12.0. The Labute approximate surface area is 166 Å². The Hall–Kier alpha value is -1.86. The molecule has 2 fully saturated rings. The minimum Gasteiger partial charge on any atom is -0.480 e. The van der Waals surface area contributed by atoms with E-state index in [9.17, 15) is 8.42 Å². The van der Waals surface area contributed by atoms with Crippen LogP contribution in [-0.4, -0.2) is 41.1 Å². The molecule has 6 nitrogen and oxygen atoms in total. The molecule has 2 aromatic rings. The van der Waals surface area contributed by atoms with Gasteiger partial charge in [0.15, 0.2) is 5.60 Å². The molecule has 1 saturated carbocycles. The maximum Gasteiger partial charge on any atom is 0.214 e. The van der Waals surface area contributed by atoms with E-state index in [4.69, 9.17) is 9.72 Å². The van der Waals surface area contributed by atoms with Crippen molar-refractivity contribution in [1.82, 2.24) is 13.9 Å². The van der Waals surface area contributed by atoms with Crippen LogP contribution in [0, 0.1) is 5.92 Å². The number of ether oxygens (including phenoxy) is 1. The highest BCUT2D eigenvalue weighted by Gasteiger charge is 2.48. The molecule has 0 bridgehead atoms. The fourth-order valence-corrected chi connectivity index (χ4v) is 6.15. The lowest BCUT2D eigenvalue weighted by Crippen LogP contribution is -2.50. The summed E-state index contributed by atoms with van der Waals surface area (Å²) < 4.78 is 35.6. The fraction of sp³-hybridized carbons (Fsp3) is 0.571. The van der Waals surface area contributed by atoms with Crippen LogP contribution in [0.5, 0.6) is 5.75 Å². The van der Waals surface area contributed by atoms with E-state index >= 15 is 0 Å². The number of hydrogen-bond acceptors (Lipinski definition) is 4. The molecule has 3 heterocycles. The summed E-state index contributed by atoms with van der Waals surface area (Å²) in [6.07, 6.45) is 6.48. The van der Waals surface area contributed by atoms with E-state index in [1.54, 1.807) is 4.31 Å². The minimum absolute atomic E-state index is 0.217. The van der Waals surface area contributed by atoms with Crippen LogP contribution in [0.15, 0.2) is 30.6 Å². The third-order valence-corrected chi connectivity index (χ3v) is 8.33. The molecule has 1 spiro atoms. The average Bonchev–Trinajstić information content (AvgIpc) is 3.39. The van der Waals surface area contributed by atoms with Gasteiger partial charge in [0.2, 0.25) is 10.0 Å². The number of hydrogen-bond donors (Lipinski definition) is 0. The number of aromatic nitrogens is 2. The third kappa shape index (κ3) is 2.95. The maximum atomic E-state index is 12.5. The van der Waals surface area contributed by atoms with Crippen molar-refractivity contribution in [2.24, 2.45) is 5.92 Å². The van der Waals surface area contributed by atoms with Crippen LogP contribution in [0.1, 0.15) is 44.7 Å². The van der Waals surface area contributed by atoms with Crippen LogP contribution in [-0.2, 0) is 22.2 Å². The Kier molecular flexibility index (Phi) is 4.28. The summed E-state index contributed by atoms with van der Waals surface area (Å²) in [7, 11) is -3.18. The summed E-state index contributed by atoms with van der Waals surface area (Å²) in [4.78, 5) is 4.78. The molecule has 2 aliphatic heterocycles. The monoisotopic (exact) mass is 401 g/mol. The summed E-state index contributed by atoms with van der Waals surface area (Å²) >= 11 is 0. The van der Waals surface area contributed by atoms with E-state index in [1.165, 1.54) is 12.8 Å². The molecule has 0 radical (unpaired) electrons. The van der Waals surface area contributed by atoms with Crippen molar-refractivity contribution in [3.05, 3.63) is 36.3 Å². The number of rotatable bonds is 5. The lowest BCUT2D eigenvalue weighted by Gasteiger charge is -2.44. The second-order valence-corrected chi connectivity index (χ2v) is 10.4. The standard InChI is InChI=1S/C21H27N3O3S/c1-2-13-28(25,26)24-11-9-21(10-12-24)20-19(17-5-3-4-6-18(17)27-21)22-15-23(20)14-16-7-8-16/h3-6,15-16H,2,7-14H2,1H3. The first kappa shape index (κ1) is 18.2. The molecule has 150 valence electrons. The van der Waals surface area contributed by atoms with Crippen molar-refractivity contribution < 1.29 is 13.2 Å². The van der Waals surface area contributed by atoms with Gasteiger partial charge < -0.3 is 9.30 Å². The molecule has 3 aliphatic rings. The molecule has 0 atom stereocenters. The SMILES string of the molecule is CCCS(=O)(=O)N1CCC2(CC1)Oc1ccccc1-c1ncn(CC3CC3)c12. The number of para-hydroxylation sites is 1. The van der Waals surface area contributed by atoms with Crippen LogP contribution < -0.4 is 4.74 Å². The van der Waals surface area contributed by atoms with E-state index in [0.717, 1.165) is 35.2 Å². The summed E-state index contributed by atoms with van der Waals surface area (Å²) in [5.74, 6) is 1.81. The smallest absolute Gasteiger partial charge is 0.214 e. The molecule has 7 heteroatoms. The van der Waals surface area contributed by atoms with Crippen molar-refractivity contribution in [3.8, 4) is 17.0 Å². The highest BCUT2D eigenvalue weighted by Crippen LogP contribution is 2.49. The quantitative estimate of drug-likeness (QED) is 0.770. The number of sulfonamides is 1. The Bertz CT molecular complexity index is 986. The van der Waals surface area contributed by atoms with Crippen LogP contribution in [0.25, 0.3) is 11.3 Å². The molecule has 5 rings (SSSR count). The van der Waals surface area contributed by atoms with Gasteiger partial charge in [-0.15, -0.1) is 0 Å². The number of piperidine rings is 1. The summed E-state index contributed by atoms with van der Waals surface area (Å²) in [5, 5.41) is 0. The number of fused-ring (bicyclic) bond motifs is 4. The van der Waals surface area contributed by atoms with Gasteiger partial charge in [-0.2, -0.15) is 0 Å². The molecule has 1 aliphatic carbocycles. The molecule has 1 saturated heterocycles. The predicted molar refractivity (Wildman–Crippen MR) is 108 cm³/mol. The predicted octanol–water partition coefficient (Wildman–Crippen LogP) is 3.38. The van der Waals surface area contributed by atoms with E-state index in [2.05, 4.69) is 10.6 Å². The number of nitrogens with zero attached hydrogens (tertiary/aromatic N) is 3. The van der Waals surface area contributed by atoms with Crippen LogP contribution in [0.3, 0.4) is 0 Å². The second-order valence-electron chi connectivity index (χ2n) is 8.35. The van der Waals surface area contributed by atoms with Crippen molar-refractivity contribution in [3.63, 3.8) is 0 Å². The maximum absolute atomic E-state index is 12.5. The Morgan fingerprint density at radius 2 is 1.96 bits per heavy atom. The fourth-order valence-electron chi connectivity index (χ4n) is 4.64. The van der Waals surface area contributed by atoms with E-state index in [-0.39, 0.29) is 5.75 Å². The first-order chi connectivity index (χ1) is 13.5. The van der Waals surface area contributed by atoms with Gasteiger partial charge in [0.1, 0.15) is 5.75 Å². The zero-order chi connectivity index (χ0) is 19.4. The Morgan fingerprint density at radius 3 is 2.68 bits per heavy atom. The average molecular weight is 402 g/mol.